The molecule has 1 atom stereocenters. The first-order chi connectivity index (χ1) is 25.2. The van der Waals surface area contributed by atoms with Gasteiger partial charge in [0.05, 0.1) is 18.5 Å². The maximum Gasteiger partial charge on any atom is 0.253 e. The second-order valence-electron chi connectivity index (χ2n) is 11.2. The third kappa shape index (κ3) is 19.3. The molecule has 0 saturated carbocycles. The lowest BCUT2D eigenvalue weighted by molar-refractivity contribution is -0.139. The van der Waals surface area contributed by atoms with Gasteiger partial charge in [-0.05, 0) is 49.9 Å². The lowest BCUT2D eigenvalue weighted by Gasteiger charge is -2.14. The molecule has 2 aliphatic rings. The van der Waals surface area contributed by atoms with Gasteiger partial charge < -0.3 is 20.8 Å². The topological polar surface area (TPSA) is 173 Å². The summed E-state index contributed by atoms with van der Waals surface area (Å²) in [6.45, 7) is 1.02. The summed E-state index contributed by atoms with van der Waals surface area (Å²) in [5.74, 6) is 0.209. The van der Waals surface area contributed by atoms with Gasteiger partial charge in [-0.15, -0.1) is 11.8 Å². The van der Waals surface area contributed by atoms with Crippen LogP contribution in [0.4, 0.5) is 11.4 Å². The number of benzene rings is 2. The lowest BCUT2D eigenvalue weighted by Crippen LogP contribution is -2.32. The van der Waals surface area contributed by atoms with E-state index >= 15 is 0 Å². The van der Waals surface area contributed by atoms with E-state index in [1.54, 1.807) is 0 Å². The summed E-state index contributed by atoms with van der Waals surface area (Å²) in [7, 11) is 0. The molecule has 284 valence electrons. The number of nitrogens with zero attached hydrogens (tertiary/aromatic N) is 2. The Morgan fingerprint density at radius 1 is 0.712 bits per heavy atom. The van der Waals surface area contributed by atoms with E-state index in [4.69, 9.17) is 10.2 Å². The zero-order chi connectivity index (χ0) is 38.6. The zero-order valence-corrected chi connectivity index (χ0v) is 32.4. The van der Waals surface area contributed by atoms with E-state index in [2.05, 4.69) is 45.6 Å². The molecule has 2 heterocycles. The van der Waals surface area contributed by atoms with Crippen molar-refractivity contribution >= 4 is 93.6 Å². The Bertz CT molecular complexity index is 1400. The van der Waals surface area contributed by atoms with E-state index < -0.39 is 0 Å². The van der Waals surface area contributed by atoms with Gasteiger partial charge in [-0.2, -0.15) is 12.6 Å². The SMILES string of the molecule is O=C(CCCCCN1C(=O)C=CC1=O)Nc1ccccc1.O=C(CCCCCN1C(=O)CC(SCCO)C1=O)Nc1ccccc1.OCCS.S=S. The van der Waals surface area contributed by atoms with Crippen LogP contribution in [0.25, 0.3) is 0 Å². The van der Waals surface area contributed by atoms with E-state index in [0.29, 0.717) is 43.9 Å². The van der Waals surface area contributed by atoms with Crippen LogP contribution in [0, 0.1) is 0 Å². The van der Waals surface area contributed by atoms with Gasteiger partial charge in [0, 0.05) is 89.8 Å². The number of aliphatic hydroxyl groups excluding tert-OH is 2. The summed E-state index contributed by atoms with van der Waals surface area (Å²) in [5, 5.41) is 21.9. The van der Waals surface area contributed by atoms with Crippen molar-refractivity contribution in [2.75, 3.05) is 48.4 Å². The highest BCUT2D eigenvalue weighted by atomic mass is 32.8. The van der Waals surface area contributed by atoms with E-state index in [1.165, 1.54) is 33.7 Å². The van der Waals surface area contributed by atoms with Crippen LogP contribution < -0.4 is 10.6 Å². The smallest absolute Gasteiger partial charge is 0.253 e. The summed E-state index contributed by atoms with van der Waals surface area (Å²) < 4.78 is 0. The number of amides is 6. The van der Waals surface area contributed by atoms with Crippen molar-refractivity contribution in [3.8, 4) is 0 Å². The third-order valence-electron chi connectivity index (χ3n) is 7.30. The Morgan fingerprint density at radius 2 is 1.15 bits per heavy atom. The van der Waals surface area contributed by atoms with E-state index in [-0.39, 0.29) is 60.3 Å². The number of imide groups is 2. The quantitative estimate of drug-likeness (QED) is 0.0838. The number of rotatable bonds is 18. The standard InChI is InChI=1S/C18H24N2O4S.C16H18N2O3.C2H6OS.S2/c21-11-12-25-15-13-17(23)20(18(15)24)10-6-2-5-9-16(22)19-14-7-3-1-4-8-14;19-14(17-13-7-3-1-4-8-13)9-5-2-6-12-18-15(20)10-11-16(18)21;3-1-2-4;1-2/h1,3-4,7-8,15,21H,2,5-6,9-13H2,(H,19,22);1,3-4,7-8,10-11H,2,5-6,9,12H2,(H,17,19);3-4H,1-2H2;. The van der Waals surface area contributed by atoms with Gasteiger partial charge in [0.1, 0.15) is 0 Å². The summed E-state index contributed by atoms with van der Waals surface area (Å²) in [6.07, 6.45) is 8.13. The summed E-state index contributed by atoms with van der Waals surface area (Å²) in [4.78, 5) is 72.7. The first-order valence-electron chi connectivity index (χ1n) is 16.9. The fraction of sp³-hybridized carbons (Fsp3) is 0.444. The van der Waals surface area contributed by atoms with Gasteiger partial charge >= 0.3 is 0 Å². The summed E-state index contributed by atoms with van der Waals surface area (Å²) in [5.41, 5.74) is 1.58. The minimum absolute atomic E-state index is 0.00762. The number of hydrogen-bond acceptors (Lipinski definition) is 12. The van der Waals surface area contributed by atoms with Crippen molar-refractivity contribution in [2.24, 2.45) is 0 Å². The number of nitrogens with one attached hydrogen (secondary N) is 2. The molecule has 52 heavy (non-hydrogen) atoms. The summed E-state index contributed by atoms with van der Waals surface area (Å²) >= 11 is 12.3. The highest BCUT2D eigenvalue weighted by Crippen LogP contribution is 2.25. The van der Waals surface area contributed by atoms with E-state index in [9.17, 15) is 28.8 Å². The van der Waals surface area contributed by atoms with Crippen LogP contribution in [0.5, 0.6) is 0 Å². The number of likely N-dealkylation sites (tertiary alicyclic amines) is 1. The normalized spacial score (nSPS) is 14.5. The van der Waals surface area contributed by atoms with Crippen molar-refractivity contribution in [3.05, 3.63) is 72.8 Å². The molecule has 2 aromatic rings. The lowest BCUT2D eigenvalue weighted by atomic mass is 10.1. The summed E-state index contributed by atoms with van der Waals surface area (Å²) in [6, 6.07) is 18.6. The Balaban J connectivity index is 0.000000456. The first-order valence-corrected chi connectivity index (χ1v) is 19.9. The molecule has 2 aliphatic heterocycles. The van der Waals surface area contributed by atoms with Crippen molar-refractivity contribution < 1.29 is 39.0 Å². The second-order valence-corrected chi connectivity index (χ2v) is 13.0. The highest BCUT2D eigenvalue weighted by molar-refractivity contribution is 8.07. The molecule has 16 heteroatoms. The molecular formula is C36H48N4O8S4. The maximum absolute atomic E-state index is 12.1. The number of thioether (sulfide) groups is 1. The average Bonchev–Trinajstić information content (AvgIpc) is 3.63. The molecule has 0 bridgehead atoms. The number of aliphatic hydroxyl groups is 2. The van der Waals surface area contributed by atoms with Gasteiger partial charge in [0.25, 0.3) is 11.8 Å². The average molecular weight is 793 g/mol. The fourth-order valence-corrected chi connectivity index (χ4v) is 5.74. The molecule has 0 aromatic heterocycles. The molecule has 0 radical (unpaired) electrons. The number of carbonyl (C=O) groups is 6. The monoisotopic (exact) mass is 792 g/mol. The highest BCUT2D eigenvalue weighted by Gasteiger charge is 2.38. The molecule has 6 amide bonds. The number of hydrogen-bond donors (Lipinski definition) is 5. The van der Waals surface area contributed by atoms with Crippen LogP contribution >= 0.6 is 24.4 Å². The predicted molar refractivity (Wildman–Crippen MR) is 213 cm³/mol. The first kappa shape index (κ1) is 46.5. The molecule has 0 spiro atoms. The number of para-hydroxylation sites is 2. The van der Waals surface area contributed by atoms with Crippen LogP contribution in [-0.2, 0) is 51.1 Å². The van der Waals surface area contributed by atoms with Crippen LogP contribution in [0.2, 0.25) is 0 Å². The van der Waals surface area contributed by atoms with Crippen molar-refractivity contribution in [1.82, 2.24) is 9.80 Å². The molecule has 2 aromatic carbocycles. The Morgan fingerprint density at radius 3 is 1.58 bits per heavy atom. The predicted octanol–water partition coefficient (Wildman–Crippen LogP) is 4.05. The van der Waals surface area contributed by atoms with Crippen molar-refractivity contribution in [3.63, 3.8) is 0 Å². The molecule has 4 rings (SSSR count). The van der Waals surface area contributed by atoms with E-state index in [1.807, 2.05) is 60.7 Å². The molecule has 1 saturated heterocycles. The molecule has 0 aliphatic carbocycles. The third-order valence-corrected chi connectivity index (χ3v) is 8.69. The van der Waals surface area contributed by atoms with Crippen LogP contribution in [0.1, 0.15) is 57.8 Å². The maximum atomic E-state index is 12.1. The fourth-order valence-electron chi connectivity index (χ4n) is 4.82. The number of carbonyl (C=O) groups excluding carboxylic acids is 6. The van der Waals surface area contributed by atoms with Gasteiger partial charge in [-0.25, -0.2) is 0 Å². The van der Waals surface area contributed by atoms with Gasteiger partial charge in [0.15, 0.2) is 0 Å². The van der Waals surface area contributed by atoms with Crippen LogP contribution in [0.15, 0.2) is 72.8 Å². The Hall–Kier alpha value is -3.54. The number of anilines is 2. The van der Waals surface area contributed by atoms with Crippen molar-refractivity contribution in [1.29, 1.82) is 0 Å². The molecule has 1 unspecified atom stereocenters. The van der Waals surface area contributed by atoms with Gasteiger partial charge in [-0.3, -0.25) is 38.6 Å². The van der Waals surface area contributed by atoms with Crippen LogP contribution in [-0.4, -0.2) is 98.5 Å². The zero-order valence-electron chi connectivity index (χ0n) is 29.0. The van der Waals surface area contributed by atoms with Crippen molar-refractivity contribution in [2.45, 2.75) is 63.0 Å². The van der Waals surface area contributed by atoms with E-state index in [0.717, 1.165) is 43.5 Å². The molecule has 4 N–H and O–H groups in total. The molecule has 12 nitrogen and oxygen atoms in total. The van der Waals surface area contributed by atoms with Gasteiger partial charge in [0.2, 0.25) is 23.6 Å². The molecular weight excluding hydrogens is 745 g/mol. The second kappa shape index (κ2) is 29.0. The molecule has 1 fully saturated rings. The minimum Gasteiger partial charge on any atom is -0.396 e. The number of thiol groups is 1. The Labute approximate surface area is 325 Å². The largest absolute Gasteiger partial charge is 0.396 e. The minimum atomic E-state index is -0.351. The number of unbranched alkanes of at least 4 members (excludes halogenated alkanes) is 4. The Kier molecular flexibility index (Phi) is 25.9. The van der Waals surface area contributed by atoms with Crippen LogP contribution in [0.3, 0.4) is 0 Å². The van der Waals surface area contributed by atoms with Gasteiger partial charge in [-0.1, -0.05) is 49.2 Å².